The first-order valence-electron chi connectivity index (χ1n) is 6.54. The molecule has 2 aromatic rings. The molecule has 2 rings (SSSR count). The summed E-state index contributed by atoms with van der Waals surface area (Å²) in [6, 6.07) is 13.2. The third kappa shape index (κ3) is 3.87. The molecule has 22 heavy (non-hydrogen) atoms. The number of hydrogen-bond donors (Lipinski definition) is 0. The fourth-order valence-electron chi connectivity index (χ4n) is 1.91. The maximum absolute atomic E-state index is 12.2. The molecule has 0 aliphatic heterocycles. The minimum atomic E-state index is -3.42. The third-order valence-corrected chi connectivity index (χ3v) is 4.58. The summed E-state index contributed by atoms with van der Waals surface area (Å²) < 4.78 is 28.5. The van der Waals surface area contributed by atoms with Gasteiger partial charge in [0.05, 0.1) is 15.5 Å². The van der Waals surface area contributed by atoms with Gasteiger partial charge in [-0.1, -0.05) is 41.9 Å². The Hall–Kier alpha value is -1.85. The van der Waals surface area contributed by atoms with E-state index in [0.717, 1.165) is 11.8 Å². The Balaban J connectivity index is 2.26. The van der Waals surface area contributed by atoms with Crippen molar-refractivity contribution in [1.29, 1.82) is 0 Å². The standard InChI is InChI=1S/C16H15ClO4S/c1-11(12-6-4-3-5-7-12)21-16(18)14-10-13(22(2,19)20)8-9-15(14)17/h3-11H,1-2H3/t11-/m0/s1. The number of hydrogen-bond acceptors (Lipinski definition) is 4. The Morgan fingerprint density at radius 2 is 1.77 bits per heavy atom. The molecule has 116 valence electrons. The predicted molar refractivity (Wildman–Crippen MR) is 84.8 cm³/mol. The van der Waals surface area contributed by atoms with Crippen molar-refractivity contribution in [3.05, 3.63) is 64.7 Å². The van der Waals surface area contributed by atoms with Gasteiger partial charge >= 0.3 is 5.97 Å². The van der Waals surface area contributed by atoms with E-state index in [-0.39, 0.29) is 15.5 Å². The molecule has 0 unspecified atom stereocenters. The second kappa shape index (κ2) is 6.50. The molecular formula is C16H15ClO4S. The summed E-state index contributed by atoms with van der Waals surface area (Å²) in [4.78, 5) is 12.3. The van der Waals surface area contributed by atoms with E-state index in [1.165, 1.54) is 18.2 Å². The van der Waals surface area contributed by atoms with Gasteiger partial charge in [-0.05, 0) is 30.7 Å². The zero-order valence-corrected chi connectivity index (χ0v) is 13.7. The van der Waals surface area contributed by atoms with E-state index >= 15 is 0 Å². The van der Waals surface area contributed by atoms with Gasteiger partial charge in [0.15, 0.2) is 9.84 Å². The Morgan fingerprint density at radius 1 is 1.14 bits per heavy atom. The van der Waals surface area contributed by atoms with Crippen LogP contribution >= 0.6 is 11.6 Å². The van der Waals surface area contributed by atoms with Gasteiger partial charge < -0.3 is 4.74 Å². The van der Waals surface area contributed by atoms with E-state index in [0.29, 0.717) is 0 Å². The number of carbonyl (C=O) groups excluding carboxylic acids is 1. The van der Waals surface area contributed by atoms with Crippen LogP contribution in [0.2, 0.25) is 5.02 Å². The maximum Gasteiger partial charge on any atom is 0.340 e. The number of sulfone groups is 1. The average molecular weight is 339 g/mol. The molecule has 0 radical (unpaired) electrons. The van der Waals surface area contributed by atoms with Crippen molar-refractivity contribution < 1.29 is 17.9 Å². The van der Waals surface area contributed by atoms with Crippen LogP contribution in [0.5, 0.6) is 0 Å². The fourth-order valence-corrected chi connectivity index (χ4v) is 2.75. The highest BCUT2D eigenvalue weighted by molar-refractivity contribution is 7.90. The summed E-state index contributed by atoms with van der Waals surface area (Å²) in [6.45, 7) is 1.74. The molecule has 0 N–H and O–H groups in total. The highest BCUT2D eigenvalue weighted by atomic mass is 35.5. The van der Waals surface area contributed by atoms with Crippen LogP contribution in [0.3, 0.4) is 0 Å². The number of esters is 1. The molecule has 0 saturated carbocycles. The molecule has 0 fully saturated rings. The monoisotopic (exact) mass is 338 g/mol. The molecule has 0 bridgehead atoms. The second-order valence-corrected chi connectivity index (χ2v) is 7.29. The van der Waals surface area contributed by atoms with Gasteiger partial charge in [0.2, 0.25) is 0 Å². The summed E-state index contributed by atoms with van der Waals surface area (Å²) in [6.07, 6.45) is 0.601. The van der Waals surface area contributed by atoms with Crippen molar-refractivity contribution >= 4 is 27.4 Å². The third-order valence-electron chi connectivity index (χ3n) is 3.14. The van der Waals surface area contributed by atoms with Gasteiger partial charge in [-0.25, -0.2) is 13.2 Å². The molecular weight excluding hydrogens is 324 g/mol. The Bertz CT molecular complexity index is 785. The normalized spacial score (nSPS) is 12.7. The number of halogens is 1. The highest BCUT2D eigenvalue weighted by Crippen LogP contribution is 2.24. The van der Waals surface area contributed by atoms with E-state index in [9.17, 15) is 13.2 Å². The molecule has 0 amide bonds. The minimum Gasteiger partial charge on any atom is -0.454 e. The topological polar surface area (TPSA) is 60.4 Å². The zero-order chi connectivity index (χ0) is 16.3. The lowest BCUT2D eigenvalue weighted by atomic mass is 10.1. The summed E-state index contributed by atoms with van der Waals surface area (Å²) >= 11 is 5.97. The van der Waals surface area contributed by atoms with Crippen molar-refractivity contribution in [3.8, 4) is 0 Å². The van der Waals surface area contributed by atoms with E-state index in [1.807, 2.05) is 30.3 Å². The fraction of sp³-hybridized carbons (Fsp3) is 0.188. The van der Waals surface area contributed by atoms with Crippen molar-refractivity contribution in [2.24, 2.45) is 0 Å². The van der Waals surface area contributed by atoms with Crippen molar-refractivity contribution in [2.45, 2.75) is 17.9 Å². The predicted octanol–water partition coefficient (Wildman–Crippen LogP) is 3.66. The Labute approximate surface area is 134 Å². The van der Waals surface area contributed by atoms with Crippen molar-refractivity contribution in [1.82, 2.24) is 0 Å². The van der Waals surface area contributed by atoms with Crippen LogP contribution < -0.4 is 0 Å². The van der Waals surface area contributed by atoms with Crippen LogP contribution in [0.1, 0.15) is 28.9 Å². The average Bonchev–Trinajstić information content (AvgIpc) is 2.47. The first-order chi connectivity index (χ1) is 10.3. The zero-order valence-electron chi connectivity index (χ0n) is 12.1. The van der Waals surface area contributed by atoms with Crippen LogP contribution in [-0.2, 0) is 14.6 Å². The summed E-state index contributed by atoms with van der Waals surface area (Å²) in [5, 5.41) is 0.151. The van der Waals surface area contributed by atoms with Gasteiger partial charge in [-0.15, -0.1) is 0 Å². The van der Waals surface area contributed by atoms with E-state index in [4.69, 9.17) is 16.3 Å². The minimum absolute atomic E-state index is 0.0243. The first kappa shape index (κ1) is 16.5. The lowest BCUT2D eigenvalue weighted by Gasteiger charge is -2.14. The largest absolute Gasteiger partial charge is 0.454 e. The summed E-state index contributed by atoms with van der Waals surface area (Å²) in [5.41, 5.74) is 0.874. The Kier molecular flexibility index (Phi) is 4.88. The van der Waals surface area contributed by atoms with Crippen LogP contribution in [0.15, 0.2) is 53.4 Å². The molecule has 0 heterocycles. The first-order valence-corrected chi connectivity index (χ1v) is 8.81. The van der Waals surface area contributed by atoms with Crippen molar-refractivity contribution in [2.75, 3.05) is 6.26 Å². The highest BCUT2D eigenvalue weighted by Gasteiger charge is 2.19. The molecule has 0 aliphatic rings. The molecule has 1 atom stereocenters. The van der Waals surface area contributed by atoms with E-state index < -0.39 is 21.9 Å². The van der Waals surface area contributed by atoms with Gasteiger partial charge in [-0.2, -0.15) is 0 Å². The van der Waals surface area contributed by atoms with Gasteiger partial charge in [0, 0.05) is 6.26 Å². The van der Waals surface area contributed by atoms with Gasteiger partial charge in [-0.3, -0.25) is 0 Å². The van der Waals surface area contributed by atoms with Crippen LogP contribution in [0.25, 0.3) is 0 Å². The van der Waals surface area contributed by atoms with Crippen LogP contribution in [0.4, 0.5) is 0 Å². The second-order valence-electron chi connectivity index (χ2n) is 4.87. The molecule has 4 nitrogen and oxygen atoms in total. The number of ether oxygens (including phenoxy) is 1. The molecule has 6 heteroatoms. The maximum atomic E-state index is 12.2. The lowest BCUT2D eigenvalue weighted by molar-refractivity contribution is 0.0338. The molecule has 0 aromatic heterocycles. The van der Waals surface area contributed by atoms with Crippen molar-refractivity contribution in [3.63, 3.8) is 0 Å². The van der Waals surface area contributed by atoms with E-state index in [2.05, 4.69) is 0 Å². The number of carbonyl (C=O) groups is 1. The molecule has 2 aromatic carbocycles. The van der Waals surface area contributed by atoms with Crippen LogP contribution in [0, 0.1) is 0 Å². The number of benzene rings is 2. The SMILES string of the molecule is C[C@H](OC(=O)c1cc(S(C)(=O)=O)ccc1Cl)c1ccccc1. The quantitative estimate of drug-likeness (QED) is 0.798. The molecule has 0 spiro atoms. The summed E-state index contributed by atoms with van der Waals surface area (Å²) in [5.74, 6) is -0.660. The molecule has 0 saturated heterocycles. The van der Waals surface area contributed by atoms with Crippen LogP contribution in [-0.4, -0.2) is 20.6 Å². The summed E-state index contributed by atoms with van der Waals surface area (Å²) in [7, 11) is -3.42. The lowest BCUT2D eigenvalue weighted by Crippen LogP contribution is -2.11. The van der Waals surface area contributed by atoms with Gasteiger partial charge in [0.25, 0.3) is 0 Å². The molecule has 0 aliphatic carbocycles. The Morgan fingerprint density at radius 3 is 2.36 bits per heavy atom. The smallest absolute Gasteiger partial charge is 0.340 e. The number of rotatable bonds is 4. The van der Waals surface area contributed by atoms with E-state index in [1.54, 1.807) is 6.92 Å². The van der Waals surface area contributed by atoms with Gasteiger partial charge in [0.1, 0.15) is 6.10 Å².